The van der Waals surface area contributed by atoms with Gasteiger partial charge in [0.05, 0.1) is 0 Å². The summed E-state index contributed by atoms with van der Waals surface area (Å²) < 4.78 is 11.7. The highest BCUT2D eigenvalue weighted by molar-refractivity contribution is 5.89. The Morgan fingerprint density at radius 2 is 1.96 bits per heavy atom. The number of rotatable bonds is 0. The Hall–Kier alpha value is -1.66. The highest BCUT2D eigenvalue weighted by Crippen LogP contribution is 2.73. The van der Waals surface area contributed by atoms with Gasteiger partial charge in [0.15, 0.2) is 5.78 Å². The highest BCUT2D eigenvalue weighted by atomic mass is 16.7. The zero-order valence-electron chi connectivity index (χ0n) is 15.4. The van der Waals surface area contributed by atoms with E-state index in [1.807, 2.05) is 20.8 Å². The standard InChI is InChI=1S/C20H24O6/c1-8-5-12(21)20(24)19(4)10(8)6-13-18(3)11(7-14(22)25-13)9(2)15(23)16(26-20)17(18)19/h7-8,10,13,16-17,23-24H,5-6H2,1-4H3. The SMILES string of the molecule is CC1=C(O)C2OC3(O)C(=O)CC(C)C4CC5OC(=O)C=C1C5(C)C2C43C. The molecule has 140 valence electrons. The molecule has 0 amide bonds. The first-order valence-corrected chi connectivity index (χ1v) is 9.33. The molecular weight excluding hydrogens is 336 g/mol. The molecular formula is C20H24O6. The second kappa shape index (κ2) is 4.42. The lowest BCUT2D eigenvalue weighted by atomic mass is 9.41. The van der Waals surface area contributed by atoms with Crippen molar-refractivity contribution in [2.45, 2.75) is 58.5 Å². The number of hydrogen-bond donors (Lipinski definition) is 2. The van der Waals surface area contributed by atoms with Crippen molar-refractivity contribution in [1.82, 2.24) is 0 Å². The number of Topliss-reactive ketones (excluding diaryl/α,β-unsaturated/α-hetero) is 1. The smallest absolute Gasteiger partial charge is 0.331 e. The molecule has 26 heavy (non-hydrogen) atoms. The van der Waals surface area contributed by atoms with Gasteiger partial charge in [0.2, 0.25) is 5.79 Å². The van der Waals surface area contributed by atoms with Crippen LogP contribution in [0.15, 0.2) is 23.0 Å². The number of hydrogen-bond acceptors (Lipinski definition) is 6. The molecule has 5 aliphatic rings. The van der Waals surface area contributed by atoms with Gasteiger partial charge in [-0.15, -0.1) is 0 Å². The summed E-state index contributed by atoms with van der Waals surface area (Å²) in [6, 6.07) is 0. The van der Waals surface area contributed by atoms with Crippen LogP contribution in [0.3, 0.4) is 0 Å². The van der Waals surface area contributed by atoms with E-state index >= 15 is 0 Å². The largest absolute Gasteiger partial charge is 0.509 e. The van der Waals surface area contributed by atoms with Gasteiger partial charge in [-0.25, -0.2) is 4.79 Å². The summed E-state index contributed by atoms with van der Waals surface area (Å²) in [5, 5.41) is 22.3. The molecule has 2 saturated carbocycles. The molecule has 0 spiro atoms. The number of aliphatic hydroxyl groups is 2. The monoisotopic (exact) mass is 360 g/mol. The lowest BCUT2D eigenvalue weighted by Gasteiger charge is -2.63. The third kappa shape index (κ3) is 1.43. The van der Waals surface area contributed by atoms with Gasteiger partial charge >= 0.3 is 5.97 Å². The van der Waals surface area contributed by atoms with E-state index in [9.17, 15) is 19.8 Å². The minimum Gasteiger partial charge on any atom is -0.509 e. The number of ketones is 1. The van der Waals surface area contributed by atoms with Crippen molar-refractivity contribution in [2.75, 3.05) is 0 Å². The summed E-state index contributed by atoms with van der Waals surface area (Å²) in [6.45, 7) is 7.70. The molecule has 0 aromatic heterocycles. The van der Waals surface area contributed by atoms with E-state index in [4.69, 9.17) is 9.47 Å². The summed E-state index contributed by atoms with van der Waals surface area (Å²) in [7, 11) is 0. The Bertz CT molecular complexity index is 826. The fourth-order valence-corrected chi connectivity index (χ4v) is 7.04. The third-order valence-electron chi connectivity index (χ3n) is 8.26. The van der Waals surface area contributed by atoms with Gasteiger partial charge in [0, 0.05) is 29.2 Å². The minimum absolute atomic E-state index is 0.0114. The second-order valence-corrected chi connectivity index (χ2v) is 9.17. The van der Waals surface area contributed by atoms with Gasteiger partial charge in [0.25, 0.3) is 0 Å². The Kier molecular flexibility index (Phi) is 2.81. The van der Waals surface area contributed by atoms with Crippen LogP contribution in [0.2, 0.25) is 0 Å². The molecule has 6 nitrogen and oxygen atoms in total. The molecule has 3 aliphatic carbocycles. The van der Waals surface area contributed by atoms with E-state index in [-0.39, 0.29) is 41.8 Å². The first kappa shape index (κ1) is 16.5. The molecule has 6 heteroatoms. The van der Waals surface area contributed by atoms with Crippen LogP contribution in [0.25, 0.3) is 0 Å². The number of ether oxygens (including phenoxy) is 2. The van der Waals surface area contributed by atoms with E-state index in [1.165, 1.54) is 6.08 Å². The summed E-state index contributed by atoms with van der Waals surface area (Å²) in [5.41, 5.74) is -0.132. The van der Waals surface area contributed by atoms with Crippen molar-refractivity contribution in [2.24, 2.45) is 28.6 Å². The molecule has 1 saturated heterocycles. The van der Waals surface area contributed by atoms with Crippen molar-refractivity contribution < 1.29 is 29.3 Å². The van der Waals surface area contributed by atoms with Crippen LogP contribution in [0.4, 0.5) is 0 Å². The molecule has 2 heterocycles. The number of carbonyl (C=O) groups is 2. The van der Waals surface area contributed by atoms with Crippen LogP contribution in [-0.2, 0) is 19.1 Å². The van der Waals surface area contributed by atoms with E-state index in [1.54, 1.807) is 6.92 Å². The Balaban J connectivity index is 1.84. The summed E-state index contributed by atoms with van der Waals surface area (Å²) in [6.07, 6.45) is 1.12. The maximum atomic E-state index is 12.9. The summed E-state index contributed by atoms with van der Waals surface area (Å²) in [4.78, 5) is 25.1. The molecule has 0 bridgehead atoms. The number of carbonyl (C=O) groups excluding carboxylic acids is 2. The Labute approximate surface area is 151 Å². The fraction of sp³-hybridized carbons (Fsp3) is 0.700. The van der Waals surface area contributed by atoms with E-state index in [0.717, 1.165) is 5.57 Å². The Morgan fingerprint density at radius 1 is 1.27 bits per heavy atom. The minimum atomic E-state index is -1.92. The van der Waals surface area contributed by atoms with Crippen molar-refractivity contribution in [3.05, 3.63) is 23.0 Å². The number of esters is 1. The van der Waals surface area contributed by atoms with Crippen molar-refractivity contribution in [1.29, 1.82) is 0 Å². The predicted octanol–water partition coefficient (Wildman–Crippen LogP) is 2.03. The zero-order valence-corrected chi connectivity index (χ0v) is 15.4. The lowest BCUT2D eigenvalue weighted by molar-refractivity contribution is -0.263. The molecule has 0 aromatic rings. The van der Waals surface area contributed by atoms with Gasteiger partial charge in [-0.1, -0.05) is 20.8 Å². The maximum absolute atomic E-state index is 12.9. The molecule has 8 atom stereocenters. The quantitative estimate of drug-likeness (QED) is 0.642. The van der Waals surface area contributed by atoms with Crippen LogP contribution < -0.4 is 0 Å². The zero-order chi connectivity index (χ0) is 18.8. The first-order chi connectivity index (χ1) is 12.1. The predicted molar refractivity (Wildman–Crippen MR) is 89.7 cm³/mol. The van der Waals surface area contributed by atoms with Crippen LogP contribution in [-0.4, -0.2) is 40.0 Å². The van der Waals surface area contributed by atoms with Gasteiger partial charge in [-0.2, -0.15) is 0 Å². The molecule has 0 aromatic carbocycles. The topological polar surface area (TPSA) is 93.1 Å². The molecule has 3 fully saturated rings. The second-order valence-electron chi connectivity index (χ2n) is 9.17. The molecule has 2 N–H and O–H groups in total. The Morgan fingerprint density at radius 3 is 2.65 bits per heavy atom. The average molecular weight is 360 g/mol. The van der Waals surface area contributed by atoms with E-state index in [0.29, 0.717) is 12.0 Å². The van der Waals surface area contributed by atoms with Crippen LogP contribution in [0.1, 0.15) is 40.5 Å². The number of allylic oxidation sites excluding steroid dienone is 1. The van der Waals surface area contributed by atoms with Gasteiger partial charge in [-0.05, 0) is 36.3 Å². The molecule has 5 rings (SSSR count). The first-order valence-electron chi connectivity index (χ1n) is 9.33. The van der Waals surface area contributed by atoms with Crippen molar-refractivity contribution in [3.63, 3.8) is 0 Å². The third-order valence-corrected chi connectivity index (χ3v) is 8.26. The lowest BCUT2D eigenvalue weighted by Crippen LogP contribution is -2.69. The van der Waals surface area contributed by atoms with Gasteiger partial charge < -0.3 is 19.7 Å². The van der Waals surface area contributed by atoms with Gasteiger partial charge in [-0.3, -0.25) is 4.79 Å². The maximum Gasteiger partial charge on any atom is 0.331 e. The van der Waals surface area contributed by atoms with Gasteiger partial charge in [0.1, 0.15) is 18.0 Å². The van der Waals surface area contributed by atoms with E-state index in [2.05, 4.69) is 0 Å². The normalized spacial score (nSPS) is 54.7. The summed E-state index contributed by atoms with van der Waals surface area (Å²) >= 11 is 0. The van der Waals surface area contributed by atoms with Crippen molar-refractivity contribution in [3.8, 4) is 0 Å². The van der Waals surface area contributed by atoms with E-state index < -0.39 is 28.7 Å². The molecule has 8 unspecified atom stereocenters. The molecule has 2 aliphatic heterocycles. The van der Waals surface area contributed by atoms with Crippen LogP contribution >= 0.6 is 0 Å². The number of aliphatic hydroxyl groups excluding tert-OH is 1. The van der Waals surface area contributed by atoms with Crippen LogP contribution in [0.5, 0.6) is 0 Å². The van der Waals surface area contributed by atoms with Crippen molar-refractivity contribution >= 4 is 11.8 Å². The summed E-state index contributed by atoms with van der Waals surface area (Å²) in [5.74, 6) is -2.97. The van der Waals surface area contributed by atoms with Crippen LogP contribution in [0, 0.1) is 28.6 Å². The molecule has 0 radical (unpaired) electrons. The fourth-order valence-electron chi connectivity index (χ4n) is 7.04. The average Bonchev–Trinajstić information content (AvgIpc) is 2.82. The highest BCUT2D eigenvalue weighted by Gasteiger charge is 2.80.